The van der Waals surface area contributed by atoms with Crippen LogP contribution in [0.3, 0.4) is 0 Å². The van der Waals surface area contributed by atoms with E-state index in [0.717, 1.165) is 18.4 Å². The highest BCUT2D eigenvalue weighted by atomic mass is 32.2. The summed E-state index contributed by atoms with van der Waals surface area (Å²) in [6.45, 7) is 2.54. The number of aliphatic hydroxyl groups excluding tert-OH is 1. The van der Waals surface area contributed by atoms with E-state index in [1.807, 2.05) is 6.92 Å². The molecule has 0 aromatic heterocycles. The van der Waals surface area contributed by atoms with Crippen LogP contribution in [-0.4, -0.2) is 37.0 Å². The molecule has 21 heavy (non-hydrogen) atoms. The lowest BCUT2D eigenvalue weighted by atomic mass is 10.1. The van der Waals surface area contributed by atoms with Gasteiger partial charge in [0.2, 0.25) is 10.0 Å². The number of sulfonamides is 1. The third kappa shape index (κ3) is 3.63. The first kappa shape index (κ1) is 16.4. The summed E-state index contributed by atoms with van der Waals surface area (Å²) < 4.78 is 27.0. The highest BCUT2D eigenvalue weighted by molar-refractivity contribution is 7.89. The van der Waals surface area contributed by atoms with Gasteiger partial charge in [0.25, 0.3) is 0 Å². The van der Waals surface area contributed by atoms with Crippen LogP contribution in [0, 0.1) is 0 Å². The molecule has 0 radical (unpaired) electrons. The molecular weight excluding hydrogens is 288 g/mol. The van der Waals surface area contributed by atoms with E-state index < -0.39 is 10.0 Å². The van der Waals surface area contributed by atoms with Gasteiger partial charge in [-0.1, -0.05) is 12.1 Å². The van der Waals surface area contributed by atoms with Crippen molar-refractivity contribution < 1.29 is 13.5 Å². The van der Waals surface area contributed by atoms with Gasteiger partial charge in [0.05, 0.1) is 4.90 Å². The maximum atomic E-state index is 12.7. The van der Waals surface area contributed by atoms with Crippen molar-refractivity contribution in [2.24, 2.45) is 5.73 Å². The lowest BCUT2D eigenvalue weighted by Crippen LogP contribution is -2.35. The van der Waals surface area contributed by atoms with Crippen molar-refractivity contribution in [3.8, 4) is 0 Å². The Morgan fingerprint density at radius 2 is 2.05 bits per heavy atom. The van der Waals surface area contributed by atoms with E-state index in [2.05, 4.69) is 0 Å². The first-order chi connectivity index (χ1) is 9.96. The number of nitrogens with two attached hydrogens (primary N) is 1. The molecule has 0 amide bonds. The maximum Gasteiger partial charge on any atom is 0.243 e. The van der Waals surface area contributed by atoms with Crippen LogP contribution in [0.1, 0.15) is 44.2 Å². The fourth-order valence-electron chi connectivity index (χ4n) is 2.82. The van der Waals surface area contributed by atoms with Gasteiger partial charge in [0, 0.05) is 25.2 Å². The molecule has 2 rings (SSSR count). The van der Waals surface area contributed by atoms with Gasteiger partial charge >= 0.3 is 0 Å². The van der Waals surface area contributed by atoms with Crippen molar-refractivity contribution in [1.82, 2.24) is 4.31 Å². The van der Waals surface area contributed by atoms with Crippen molar-refractivity contribution in [2.45, 2.75) is 49.6 Å². The molecular formula is C15H24N2O3S. The summed E-state index contributed by atoms with van der Waals surface area (Å²) in [5, 5.41) is 8.94. The lowest BCUT2D eigenvalue weighted by molar-refractivity contribution is 0.264. The molecule has 0 saturated carbocycles. The van der Waals surface area contributed by atoms with Crippen LogP contribution in [-0.2, 0) is 10.0 Å². The molecule has 5 nitrogen and oxygen atoms in total. The third-order valence-electron chi connectivity index (χ3n) is 4.03. The van der Waals surface area contributed by atoms with E-state index in [1.165, 1.54) is 0 Å². The SMILES string of the molecule is CC(N)c1ccc(S(=O)(=O)N2CCCC2CCCO)cc1. The summed E-state index contributed by atoms with van der Waals surface area (Å²) in [4.78, 5) is 0.322. The Balaban J connectivity index is 2.20. The van der Waals surface area contributed by atoms with Crippen molar-refractivity contribution in [2.75, 3.05) is 13.2 Å². The summed E-state index contributed by atoms with van der Waals surface area (Å²) in [7, 11) is -3.45. The summed E-state index contributed by atoms with van der Waals surface area (Å²) >= 11 is 0. The number of aliphatic hydroxyl groups is 1. The quantitative estimate of drug-likeness (QED) is 0.836. The minimum Gasteiger partial charge on any atom is -0.396 e. The minimum atomic E-state index is -3.45. The van der Waals surface area contributed by atoms with E-state index in [1.54, 1.807) is 28.6 Å². The number of benzene rings is 1. The predicted molar refractivity (Wildman–Crippen MR) is 82.3 cm³/mol. The second kappa shape index (κ2) is 6.87. The van der Waals surface area contributed by atoms with Crippen LogP contribution in [0.4, 0.5) is 0 Å². The van der Waals surface area contributed by atoms with Gasteiger partial charge in [0.1, 0.15) is 0 Å². The first-order valence-electron chi connectivity index (χ1n) is 7.45. The Morgan fingerprint density at radius 3 is 2.62 bits per heavy atom. The lowest BCUT2D eigenvalue weighted by Gasteiger charge is -2.24. The number of nitrogens with zero attached hydrogens (tertiary/aromatic N) is 1. The van der Waals surface area contributed by atoms with Crippen LogP contribution in [0.15, 0.2) is 29.2 Å². The van der Waals surface area contributed by atoms with Gasteiger partial charge < -0.3 is 10.8 Å². The number of hydrogen-bond donors (Lipinski definition) is 2. The summed E-state index contributed by atoms with van der Waals surface area (Å²) in [6, 6.07) is 6.72. The van der Waals surface area contributed by atoms with Crippen molar-refractivity contribution in [3.05, 3.63) is 29.8 Å². The molecule has 1 saturated heterocycles. The number of hydrogen-bond acceptors (Lipinski definition) is 4. The molecule has 6 heteroatoms. The van der Waals surface area contributed by atoms with Gasteiger partial charge in [-0.25, -0.2) is 8.42 Å². The van der Waals surface area contributed by atoms with Gasteiger partial charge in [-0.05, 0) is 50.3 Å². The van der Waals surface area contributed by atoms with Crippen molar-refractivity contribution >= 4 is 10.0 Å². The molecule has 0 aliphatic carbocycles. The largest absolute Gasteiger partial charge is 0.396 e. The zero-order chi connectivity index (χ0) is 15.5. The molecule has 118 valence electrons. The molecule has 0 spiro atoms. The van der Waals surface area contributed by atoms with Gasteiger partial charge in [-0.15, -0.1) is 0 Å². The normalized spacial score (nSPS) is 21.6. The maximum absolute atomic E-state index is 12.7. The molecule has 1 aliphatic rings. The van der Waals surface area contributed by atoms with Crippen LogP contribution < -0.4 is 5.73 Å². The summed E-state index contributed by atoms with van der Waals surface area (Å²) in [5.74, 6) is 0. The summed E-state index contributed by atoms with van der Waals surface area (Å²) in [6.07, 6.45) is 3.11. The minimum absolute atomic E-state index is 0.00950. The van der Waals surface area contributed by atoms with E-state index >= 15 is 0 Å². The Bertz CT molecular complexity index is 555. The monoisotopic (exact) mass is 312 g/mol. The topological polar surface area (TPSA) is 83.6 Å². The second-order valence-electron chi connectivity index (χ2n) is 5.64. The Kier molecular flexibility index (Phi) is 5.37. The van der Waals surface area contributed by atoms with E-state index in [-0.39, 0.29) is 18.7 Å². The average molecular weight is 312 g/mol. The highest BCUT2D eigenvalue weighted by Gasteiger charge is 2.34. The first-order valence-corrected chi connectivity index (χ1v) is 8.89. The zero-order valence-corrected chi connectivity index (χ0v) is 13.2. The van der Waals surface area contributed by atoms with Crippen LogP contribution >= 0.6 is 0 Å². The molecule has 2 atom stereocenters. The van der Waals surface area contributed by atoms with Crippen LogP contribution in [0.5, 0.6) is 0 Å². The molecule has 2 unspecified atom stereocenters. The average Bonchev–Trinajstić information content (AvgIpc) is 2.94. The van der Waals surface area contributed by atoms with E-state index in [9.17, 15) is 8.42 Å². The van der Waals surface area contributed by atoms with E-state index in [4.69, 9.17) is 10.8 Å². The van der Waals surface area contributed by atoms with Crippen molar-refractivity contribution in [1.29, 1.82) is 0 Å². The van der Waals surface area contributed by atoms with Crippen molar-refractivity contribution in [3.63, 3.8) is 0 Å². The van der Waals surface area contributed by atoms with Crippen LogP contribution in [0.2, 0.25) is 0 Å². The Labute approximate surface area is 126 Å². The fourth-order valence-corrected chi connectivity index (χ4v) is 4.54. The summed E-state index contributed by atoms with van der Waals surface area (Å²) in [5.41, 5.74) is 6.71. The molecule has 1 aliphatic heterocycles. The fraction of sp³-hybridized carbons (Fsp3) is 0.600. The van der Waals surface area contributed by atoms with Gasteiger partial charge in [-0.2, -0.15) is 4.31 Å². The smallest absolute Gasteiger partial charge is 0.243 e. The molecule has 1 aromatic rings. The van der Waals surface area contributed by atoms with E-state index in [0.29, 0.717) is 24.3 Å². The predicted octanol–water partition coefficient (Wildman–Crippen LogP) is 1.63. The molecule has 3 N–H and O–H groups in total. The van der Waals surface area contributed by atoms with Gasteiger partial charge in [0.15, 0.2) is 0 Å². The molecule has 1 heterocycles. The molecule has 1 fully saturated rings. The Morgan fingerprint density at radius 1 is 1.38 bits per heavy atom. The molecule has 1 aromatic carbocycles. The number of rotatable bonds is 6. The third-order valence-corrected chi connectivity index (χ3v) is 6.00. The Hall–Kier alpha value is -0.950. The standard InChI is InChI=1S/C15H24N2O3S/c1-12(16)13-6-8-15(9-7-13)21(19,20)17-10-2-4-14(17)5-3-11-18/h6-9,12,14,18H,2-5,10-11,16H2,1H3. The molecule has 0 bridgehead atoms. The van der Waals surface area contributed by atoms with Gasteiger partial charge in [-0.3, -0.25) is 0 Å². The van der Waals surface area contributed by atoms with Crippen LogP contribution in [0.25, 0.3) is 0 Å². The second-order valence-corrected chi connectivity index (χ2v) is 7.53. The highest BCUT2D eigenvalue weighted by Crippen LogP contribution is 2.28. The zero-order valence-electron chi connectivity index (χ0n) is 12.4.